The molecule has 0 aliphatic carbocycles. The largest absolute Gasteiger partial charge is 0.0654 e. The molecule has 1 heteroatoms. The van der Waals surface area contributed by atoms with Crippen molar-refractivity contribution in [3.63, 3.8) is 0 Å². The Labute approximate surface area is 102 Å². The zero-order valence-electron chi connectivity index (χ0n) is 9.73. The Morgan fingerprint density at radius 3 is 1.69 bits per heavy atom. The van der Waals surface area contributed by atoms with Gasteiger partial charge < -0.3 is 0 Å². The standard InChI is InChI=1S/C12H26.Sn/c1-4-5-6-7-8-9-10-11-12(2)3;/h12H,4-11H2,1-3H3;. The van der Waals surface area contributed by atoms with Crippen LogP contribution in [-0.4, -0.2) is 23.9 Å². The summed E-state index contributed by atoms with van der Waals surface area (Å²) in [5.74, 6) is 0.903. The van der Waals surface area contributed by atoms with Crippen LogP contribution in [-0.2, 0) is 0 Å². The third-order valence-electron chi connectivity index (χ3n) is 2.39. The summed E-state index contributed by atoms with van der Waals surface area (Å²) in [5, 5.41) is 0. The van der Waals surface area contributed by atoms with Crippen molar-refractivity contribution in [1.82, 2.24) is 0 Å². The topological polar surface area (TPSA) is 0 Å². The molecule has 78 valence electrons. The molecule has 13 heavy (non-hydrogen) atoms. The van der Waals surface area contributed by atoms with Crippen LogP contribution in [0.4, 0.5) is 0 Å². The first kappa shape index (κ1) is 16.2. The third-order valence-corrected chi connectivity index (χ3v) is 2.39. The minimum Gasteiger partial charge on any atom is -0.0654 e. The van der Waals surface area contributed by atoms with Crippen molar-refractivity contribution in [1.29, 1.82) is 0 Å². The number of hydrogen-bond acceptors (Lipinski definition) is 0. The van der Waals surface area contributed by atoms with E-state index in [9.17, 15) is 0 Å². The summed E-state index contributed by atoms with van der Waals surface area (Å²) in [6.45, 7) is 6.91. The minimum absolute atomic E-state index is 0. The fraction of sp³-hybridized carbons (Fsp3) is 1.00. The van der Waals surface area contributed by atoms with Crippen LogP contribution in [0.3, 0.4) is 0 Å². The predicted octanol–water partition coefficient (Wildman–Crippen LogP) is 4.40. The maximum absolute atomic E-state index is 2.32. The van der Waals surface area contributed by atoms with Gasteiger partial charge in [0.1, 0.15) is 0 Å². The number of hydrogen-bond donors (Lipinski definition) is 0. The Morgan fingerprint density at radius 1 is 0.769 bits per heavy atom. The van der Waals surface area contributed by atoms with Gasteiger partial charge in [0.2, 0.25) is 0 Å². The molecule has 0 aromatic rings. The third kappa shape index (κ3) is 15.5. The Hall–Kier alpha value is 0.799. The summed E-state index contributed by atoms with van der Waals surface area (Å²) in [6, 6.07) is 0. The van der Waals surface area contributed by atoms with Gasteiger partial charge in [-0.25, -0.2) is 0 Å². The molecule has 0 saturated heterocycles. The van der Waals surface area contributed by atoms with E-state index in [0.29, 0.717) is 0 Å². The minimum atomic E-state index is 0. The molecule has 0 aliphatic heterocycles. The van der Waals surface area contributed by atoms with Gasteiger partial charge in [0.05, 0.1) is 0 Å². The maximum Gasteiger partial charge on any atom is 0 e. The van der Waals surface area contributed by atoms with E-state index in [-0.39, 0.29) is 23.9 Å². The van der Waals surface area contributed by atoms with Gasteiger partial charge >= 0.3 is 0 Å². The number of rotatable bonds is 8. The van der Waals surface area contributed by atoms with Gasteiger partial charge in [0.15, 0.2) is 0 Å². The van der Waals surface area contributed by atoms with Crippen molar-refractivity contribution >= 4 is 23.9 Å². The van der Waals surface area contributed by atoms with Crippen molar-refractivity contribution in [2.24, 2.45) is 5.92 Å². The Kier molecular flexibility index (Phi) is 16.0. The molecular formula is C12H26Sn. The maximum atomic E-state index is 2.32. The fourth-order valence-electron chi connectivity index (χ4n) is 1.51. The molecule has 0 rings (SSSR count). The summed E-state index contributed by atoms with van der Waals surface area (Å²) < 4.78 is 0. The van der Waals surface area contributed by atoms with Gasteiger partial charge in [0, 0.05) is 23.9 Å². The summed E-state index contributed by atoms with van der Waals surface area (Å²) >= 11 is 0. The molecule has 0 fully saturated rings. The van der Waals surface area contributed by atoms with E-state index < -0.39 is 0 Å². The first-order valence-electron chi connectivity index (χ1n) is 5.77. The van der Waals surface area contributed by atoms with Gasteiger partial charge in [-0.1, -0.05) is 72.1 Å². The van der Waals surface area contributed by atoms with E-state index in [1.807, 2.05) is 0 Å². The monoisotopic (exact) mass is 290 g/mol. The summed E-state index contributed by atoms with van der Waals surface area (Å²) in [5.41, 5.74) is 0. The van der Waals surface area contributed by atoms with Crippen LogP contribution in [0.15, 0.2) is 0 Å². The average Bonchev–Trinajstić information content (AvgIpc) is 2.02. The van der Waals surface area contributed by atoms with Gasteiger partial charge in [-0.2, -0.15) is 0 Å². The van der Waals surface area contributed by atoms with Crippen molar-refractivity contribution in [3.05, 3.63) is 0 Å². The molecule has 0 aliphatic rings. The van der Waals surface area contributed by atoms with Crippen LogP contribution < -0.4 is 0 Å². The quantitative estimate of drug-likeness (QED) is 0.459. The van der Waals surface area contributed by atoms with Crippen LogP contribution in [0.1, 0.15) is 72.1 Å². The molecular weight excluding hydrogens is 263 g/mol. The van der Waals surface area contributed by atoms with Gasteiger partial charge in [-0.3, -0.25) is 0 Å². The number of unbranched alkanes of at least 4 members (excludes halogenated alkanes) is 6. The molecule has 0 bridgehead atoms. The molecule has 0 atom stereocenters. The van der Waals surface area contributed by atoms with Crippen LogP contribution in [0.5, 0.6) is 0 Å². The van der Waals surface area contributed by atoms with E-state index >= 15 is 0 Å². The van der Waals surface area contributed by atoms with Crippen LogP contribution >= 0.6 is 0 Å². The first-order chi connectivity index (χ1) is 5.77. The van der Waals surface area contributed by atoms with Crippen LogP contribution in [0.2, 0.25) is 0 Å². The molecule has 0 heterocycles. The Morgan fingerprint density at radius 2 is 1.23 bits per heavy atom. The van der Waals surface area contributed by atoms with Gasteiger partial charge in [-0.15, -0.1) is 0 Å². The Bertz CT molecular complexity index is 79.2. The fourth-order valence-corrected chi connectivity index (χ4v) is 1.51. The predicted molar refractivity (Wildman–Crippen MR) is 63.2 cm³/mol. The smallest absolute Gasteiger partial charge is 0 e. The second-order valence-electron chi connectivity index (χ2n) is 4.30. The zero-order valence-corrected chi connectivity index (χ0v) is 12.6. The molecule has 0 saturated carbocycles. The Balaban J connectivity index is 0. The molecule has 0 N–H and O–H groups in total. The summed E-state index contributed by atoms with van der Waals surface area (Å²) in [4.78, 5) is 0. The molecule has 0 aromatic carbocycles. The molecule has 0 aromatic heterocycles. The van der Waals surface area contributed by atoms with E-state index in [0.717, 1.165) is 5.92 Å². The first-order valence-corrected chi connectivity index (χ1v) is 5.77. The van der Waals surface area contributed by atoms with E-state index in [1.54, 1.807) is 0 Å². The molecule has 0 amide bonds. The summed E-state index contributed by atoms with van der Waals surface area (Å²) in [6.07, 6.45) is 11.5. The normalized spacial score (nSPS) is 10.2. The van der Waals surface area contributed by atoms with Crippen molar-refractivity contribution < 1.29 is 0 Å². The van der Waals surface area contributed by atoms with E-state index in [4.69, 9.17) is 0 Å². The van der Waals surface area contributed by atoms with Crippen molar-refractivity contribution in [3.8, 4) is 0 Å². The zero-order chi connectivity index (χ0) is 9.23. The van der Waals surface area contributed by atoms with Crippen LogP contribution in [0.25, 0.3) is 0 Å². The summed E-state index contributed by atoms with van der Waals surface area (Å²) in [7, 11) is 0. The van der Waals surface area contributed by atoms with Crippen LogP contribution in [0, 0.1) is 5.92 Å². The molecule has 4 radical (unpaired) electrons. The molecule has 0 nitrogen and oxygen atoms in total. The SMILES string of the molecule is CCCCCCCCCC(C)C.[Sn]. The van der Waals surface area contributed by atoms with Gasteiger partial charge in [0.25, 0.3) is 0 Å². The molecule has 0 unspecified atom stereocenters. The van der Waals surface area contributed by atoms with Gasteiger partial charge in [-0.05, 0) is 5.92 Å². The van der Waals surface area contributed by atoms with E-state index in [1.165, 1.54) is 51.4 Å². The van der Waals surface area contributed by atoms with Crippen molar-refractivity contribution in [2.45, 2.75) is 72.1 Å². The van der Waals surface area contributed by atoms with Crippen molar-refractivity contribution in [2.75, 3.05) is 0 Å². The second kappa shape index (κ2) is 12.8. The average molecular weight is 289 g/mol. The molecule has 0 spiro atoms. The second-order valence-corrected chi connectivity index (χ2v) is 4.30. The van der Waals surface area contributed by atoms with E-state index in [2.05, 4.69) is 20.8 Å².